The van der Waals surface area contributed by atoms with Gasteiger partial charge < -0.3 is 36.4 Å². The van der Waals surface area contributed by atoms with Crippen LogP contribution >= 0.6 is 0 Å². The van der Waals surface area contributed by atoms with Gasteiger partial charge in [0.15, 0.2) is 0 Å². The number of nitro benzene ring substituents is 1. The Kier molecular flexibility index (Phi) is 13.1. The summed E-state index contributed by atoms with van der Waals surface area (Å²) in [7, 11) is 0. The Balaban J connectivity index is 1.75. The summed E-state index contributed by atoms with van der Waals surface area (Å²) in [6.45, 7) is 1.49. The van der Waals surface area contributed by atoms with Crippen molar-refractivity contribution in [1.82, 2.24) is 20.9 Å². The predicted octanol–water partition coefficient (Wildman–Crippen LogP) is 0.581. The zero-order chi connectivity index (χ0) is 35.4. The number of aliphatic carboxylic acids is 2. The molecule has 17 heteroatoms. The highest BCUT2D eigenvalue weighted by Crippen LogP contribution is 2.21. The average molecular weight is 669 g/mol. The standard InChI is InChI=1S/C31H36N6O11/c1-18(32-25(38)13-14-26(39)40)28(43)35-23(16-19-6-3-2-4-7-19)31(46)36-15-5-8-24(36)30(45)34-22(17-27(41)42)29(44)33-20-9-11-21(12-10-20)37(47)48/h2-4,6-7,9-12,18,22-24H,5,8,13-17H2,1H3,(H,32,38)(H,33,44)(H,34,45)(H,35,43)(H,39,40)(H,41,42)/t18-,22-,23-,24-/m0/s1. The lowest BCUT2D eigenvalue weighted by Crippen LogP contribution is -2.58. The Bertz CT molecular complexity index is 1530. The van der Waals surface area contributed by atoms with E-state index >= 15 is 0 Å². The molecule has 0 spiro atoms. The SMILES string of the molecule is C[C@H](NC(=O)CCC(=O)O)C(=O)N[C@@H](Cc1ccccc1)C(=O)N1CCC[C@H]1C(=O)N[C@@H](CC(=O)O)C(=O)Nc1ccc([N+](=O)[O-])cc1. The van der Waals surface area contributed by atoms with E-state index in [9.17, 15) is 48.8 Å². The number of anilines is 1. The van der Waals surface area contributed by atoms with Gasteiger partial charge >= 0.3 is 11.9 Å². The number of nitrogens with zero attached hydrogens (tertiary/aromatic N) is 2. The molecular formula is C31H36N6O11. The van der Waals surface area contributed by atoms with Crippen molar-refractivity contribution in [2.75, 3.05) is 11.9 Å². The fraction of sp³-hybridized carbons (Fsp3) is 0.387. The summed E-state index contributed by atoms with van der Waals surface area (Å²) in [6.07, 6.45) is -0.977. The largest absolute Gasteiger partial charge is 0.481 e. The quantitative estimate of drug-likeness (QED) is 0.107. The first kappa shape index (κ1) is 36.6. The summed E-state index contributed by atoms with van der Waals surface area (Å²) in [5, 5.41) is 38.9. The van der Waals surface area contributed by atoms with E-state index in [1.165, 1.54) is 24.0 Å². The first-order valence-electron chi connectivity index (χ1n) is 15.0. The number of benzene rings is 2. The molecule has 4 atom stereocenters. The number of carboxylic acid groups (broad SMARTS) is 2. The molecule has 5 amide bonds. The molecule has 0 bridgehead atoms. The van der Waals surface area contributed by atoms with Crippen molar-refractivity contribution in [2.45, 2.75) is 69.6 Å². The third-order valence-corrected chi connectivity index (χ3v) is 7.43. The first-order chi connectivity index (χ1) is 22.7. The number of nitrogens with one attached hydrogen (secondary N) is 4. The molecule has 1 heterocycles. The van der Waals surface area contributed by atoms with Crippen LogP contribution in [0.3, 0.4) is 0 Å². The second-order valence-electron chi connectivity index (χ2n) is 11.1. The van der Waals surface area contributed by atoms with Gasteiger partial charge in [-0.1, -0.05) is 30.3 Å². The summed E-state index contributed by atoms with van der Waals surface area (Å²) >= 11 is 0. The first-order valence-corrected chi connectivity index (χ1v) is 15.0. The minimum atomic E-state index is -1.56. The lowest BCUT2D eigenvalue weighted by molar-refractivity contribution is -0.384. The molecule has 0 unspecified atom stereocenters. The normalized spacial score (nSPS) is 15.7. The summed E-state index contributed by atoms with van der Waals surface area (Å²) in [4.78, 5) is 99.3. The van der Waals surface area contributed by atoms with Crippen LogP contribution in [0.1, 0.15) is 44.6 Å². The van der Waals surface area contributed by atoms with Crippen molar-refractivity contribution in [3.05, 3.63) is 70.3 Å². The number of amides is 5. The van der Waals surface area contributed by atoms with Crippen LogP contribution in [0.5, 0.6) is 0 Å². The van der Waals surface area contributed by atoms with E-state index in [0.29, 0.717) is 12.0 Å². The van der Waals surface area contributed by atoms with Gasteiger partial charge in [0.05, 0.1) is 17.8 Å². The number of carbonyl (C=O) groups is 7. The second kappa shape index (κ2) is 17.2. The molecule has 0 aliphatic carbocycles. The highest BCUT2D eigenvalue weighted by atomic mass is 16.6. The van der Waals surface area contributed by atoms with Crippen LogP contribution in [0.25, 0.3) is 0 Å². The summed E-state index contributed by atoms with van der Waals surface area (Å²) in [5.41, 5.74) is 0.574. The molecular weight excluding hydrogens is 632 g/mol. The molecule has 256 valence electrons. The molecule has 1 aliphatic rings. The molecule has 3 rings (SSSR count). The number of carbonyl (C=O) groups excluding carboxylic acids is 5. The average Bonchev–Trinajstić information content (AvgIpc) is 3.53. The van der Waals surface area contributed by atoms with Crippen molar-refractivity contribution in [2.24, 2.45) is 0 Å². The van der Waals surface area contributed by atoms with E-state index in [1.54, 1.807) is 30.3 Å². The van der Waals surface area contributed by atoms with E-state index in [2.05, 4.69) is 21.3 Å². The van der Waals surface area contributed by atoms with Crippen molar-refractivity contribution < 1.29 is 48.7 Å². The van der Waals surface area contributed by atoms with Crippen LogP contribution in [0.4, 0.5) is 11.4 Å². The highest BCUT2D eigenvalue weighted by molar-refractivity contribution is 6.01. The summed E-state index contributed by atoms with van der Waals surface area (Å²) in [5.74, 6) is -6.29. The number of hydrogen-bond donors (Lipinski definition) is 6. The van der Waals surface area contributed by atoms with E-state index in [4.69, 9.17) is 5.11 Å². The summed E-state index contributed by atoms with van der Waals surface area (Å²) in [6, 6.07) is 8.50. The third-order valence-electron chi connectivity index (χ3n) is 7.43. The van der Waals surface area contributed by atoms with Gasteiger partial charge in [-0.2, -0.15) is 0 Å². The Morgan fingerprint density at radius 2 is 1.54 bits per heavy atom. The van der Waals surface area contributed by atoms with Gasteiger partial charge in [0.2, 0.25) is 29.5 Å². The lowest BCUT2D eigenvalue weighted by atomic mass is 10.0. The lowest BCUT2D eigenvalue weighted by Gasteiger charge is -2.30. The monoisotopic (exact) mass is 668 g/mol. The molecule has 2 aromatic rings. The number of likely N-dealkylation sites (tertiary alicyclic amines) is 1. The molecule has 1 fully saturated rings. The Morgan fingerprint density at radius 1 is 0.875 bits per heavy atom. The number of rotatable bonds is 16. The van der Waals surface area contributed by atoms with Crippen molar-refractivity contribution in [3.63, 3.8) is 0 Å². The van der Waals surface area contributed by atoms with Crippen LogP contribution in [0.15, 0.2) is 54.6 Å². The molecule has 0 saturated carbocycles. The summed E-state index contributed by atoms with van der Waals surface area (Å²) < 4.78 is 0. The Morgan fingerprint density at radius 3 is 2.15 bits per heavy atom. The minimum absolute atomic E-state index is 0.0230. The molecule has 0 radical (unpaired) electrons. The second-order valence-corrected chi connectivity index (χ2v) is 11.1. The maximum atomic E-state index is 13.9. The van der Waals surface area contributed by atoms with Crippen LogP contribution in [-0.2, 0) is 40.0 Å². The van der Waals surface area contributed by atoms with Crippen molar-refractivity contribution in [1.29, 1.82) is 0 Å². The van der Waals surface area contributed by atoms with Crippen LogP contribution in [-0.4, -0.2) is 92.2 Å². The van der Waals surface area contributed by atoms with E-state index in [0.717, 1.165) is 12.1 Å². The van der Waals surface area contributed by atoms with Gasteiger partial charge in [0, 0.05) is 37.2 Å². The predicted molar refractivity (Wildman–Crippen MR) is 167 cm³/mol. The molecule has 1 aliphatic heterocycles. The Hall–Kier alpha value is -5.87. The van der Waals surface area contributed by atoms with E-state index in [-0.39, 0.29) is 37.2 Å². The zero-order valence-corrected chi connectivity index (χ0v) is 25.9. The maximum Gasteiger partial charge on any atom is 0.305 e. The van der Waals surface area contributed by atoms with Gasteiger partial charge in [-0.15, -0.1) is 0 Å². The molecule has 6 N–H and O–H groups in total. The number of nitro groups is 1. The fourth-order valence-electron chi connectivity index (χ4n) is 5.00. The third kappa shape index (κ3) is 10.9. The zero-order valence-electron chi connectivity index (χ0n) is 25.9. The van der Waals surface area contributed by atoms with Crippen LogP contribution < -0.4 is 21.3 Å². The van der Waals surface area contributed by atoms with Gasteiger partial charge in [0.1, 0.15) is 24.2 Å². The topological polar surface area (TPSA) is 254 Å². The van der Waals surface area contributed by atoms with Crippen molar-refractivity contribution in [3.8, 4) is 0 Å². The van der Waals surface area contributed by atoms with Gasteiger partial charge in [-0.3, -0.25) is 43.7 Å². The van der Waals surface area contributed by atoms with Gasteiger partial charge in [0.25, 0.3) is 5.69 Å². The molecule has 0 aromatic heterocycles. The molecule has 17 nitrogen and oxygen atoms in total. The van der Waals surface area contributed by atoms with Crippen LogP contribution in [0, 0.1) is 10.1 Å². The minimum Gasteiger partial charge on any atom is -0.481 e. The molecule has 2 aromatic carbocycles. The Labute approximate surface area is 274 Å². The number of non-ortho nitro benzene ring substituents is 1. The van der Waals surface area contributed by atoms with Crippen LogP contribution in [0.2, 0.25) is 0 Å². The smallest absolute Gasteiger partial charge is 0.305 e. The fourth-order valence-corrected chi connectivity index (χ4v) is 5.00. The molecule has 48 heavy (non-hydrogen) atoms. The molecule has 1 saturated heterocycles. The number of carboxylic acids is 2. The van der Waals surface area contributed by atoms with E-state index < -0.39 is 83.4 Å². The maximum absolute atomic E-state index is 13.9. The van der Waals surface area contributed by atoms with Gasteiger partial charge in [-0.25, -0.2) is 0 Å². The van der Waals surface area contributed by atoms with Gasteiger partial charge in [-0.05, 0) is 37.5 Å². The number of hydrogen-bond acceptors (Lipinski definition) is 9. The highest BCUT2D eigenvalue weighted by Gasteiger charge is 2.39. The van der Waals surface area contributed by atoms with Crippen molar-refractivity contribution >= 4 is 52.8 Å². The van der Waals surface area contributed by atoms with E-state index in [1.807, 2.05) is 0 Å².